The third-order valence-corrected chi connectivity index (χ3v) is 4.94. The summed E-state index contributed by atoms with van der Waals surface area (Å²) in [6.07, 6.45) is 5.29. The number of nitrogens with zero attached hydrogens (tertiary/aromatic N) is 1. The number of ether oxygens (including phenoxy) is 1. The second kappa shape index (κ2) is 7.39. The molecule has 1 heterocycles. The van der Waals surface area contributed by atoms with E-state index in [0.717, 1.165) is 10.6 Å². The number of carbonyl (C=O) groups excluding carboxylic acids is 1. The van der Waals surface area contributed by atoms with Crippen molar-refractivity contribution in [2.45, 2.75) is 38.8 Å². The normalized spacial score (nSPS) is 18.0. The van der Waals surface area contributed by atoms with Gasteiger partial charge in [0.1, 0.15) is 17.2 Å². The van der Waals surface area contributed by atoms with Crippen LogP contribution in [-0.4, -0.2) is 37.5 Å². The van der Waals surface area contributed by atoms with Crippen molar-refractivity contribution < 1.29 is 25.0 Å². The molecule has 2 aromatic rings. The van der Waals surface area contributed by atoms with Gasteiger partial charge in [-0.25, -0.2) is 4.79 Å². The number of phenols is 2. The molecular formula is C23H25NO5. The average Bonchev–Trinajstić information content (AvgIpc) is 2.80. The maximum atomic E-state index is 12.6. The van der Waals surface area contributed by atoms with Crippen molar-refractivity contribution >= 4 is 18.1 Å². The van der Waals surface area contributed by atoms with Crippen LogP contribution < -0.4 is 4.74 Å². The molecule has 1 aliphatic rings. The van der Waals surface area contributed by atoms with Crippen LogP contribution in [-0.2, 0) is 4.79 Å². The van der Waals surface area contributed by atoms with Crippen LogP contribution in [0.1, 0.15) is 38.8 Å². The number of benzene rings is 2. The van der Waals surface area contributed by atoms with E-state index in [9.17, 15) is 20.2 Å². The minimum Gasteiger partial charge on any atom is -0.508 e. The van der Waals surface area contributed by atoms with E-state index in [-0.39, 0.29) is 11.5 Å². The third kappa shape index (κ3) is 4.34. The first kappa shape index (κ1) is 20.6. The van der Waals surface area contributed by atoms with Gasteiger partial charge in [0.05, 0.1) is 16.7 Å². The Morgan fingerprint density at radius 3 is 2.00 bits per heavy atom. The van der Waals surface area contributed by atoms with Gasteiger partial charge < -0.3 is 20.2 Å². The molecule has 152 valence electrons. The van der Waals surface area contributed by atoms with Crippen LogP contribution in [0.15, 0.2) is 54.1 Å². The highest BCUT2D eigenvalue weighted by atomic mass is 16.5. The van der Waals surface area contributed by atoms with E-state index in [4.69, 9.17) is 4.74 Å². The second-order valence-electron chi connectivity index (χ2n) is 8.16. The second-order valence-corrected chi connectivity index (χ2v) is 8.16. The van der Waals surface area contributed by atoms with Crippen LogP contribution >= 0.6 is 0 Å². The minimum absolute atomic E-state index is 0.0133. The van der Waals surface area contributed by atoms with Crippen molar-refractivity contribution in [2.24, 2.45) is 0 Å². The zero-order valence-electron chi connectivity index (χ0n) is 16.9. The van der Waals surface area contributed by atoms with E-state index >= 15 is 0 Å². The summed E-state index contributed by atoms with van der Waals surface area (Å²) in [6, 6.07) is 11.3. The van der Waals surface area contributed by atoms with Gasteiger partial charge in [-0.05, 0) is 63.1 Å². The van der Waals surface area contributed by atoms with Gasteiger partial charge in [-0.1, -0.05) is 30.4 Å². The molecule has 0 aromatic heterocycles. The van der Waals surface area contributed by atoms with Crippen molar-refractivity contribution in [1.29, 1.82) is 0 Å². The fourth-order valence-electron chi connectivity index (χ4n) is 3.45. The largest absolute Gasteiger partial charge is 0.508 e. The number of phenolic OH excluding ortho intramolecular Hbond substituents is 2. The van der Waals surface area contributed by atoms with Crippen LogP contribution in [0.2, 0.25) is 0 Å². The number of esters is 1. The van der Waals surface area contributed by atoms with E-state index in [0.29, 0.717) is 16.9 Å². The number of hydrogen-bond donors (Lipinski definition) is 3. The van der Waals surface area contributed by atoms with Crippen molar-refractivity contribution in [1.82, 2.24) is 5.06 Å². The number of hydrogen-bond acceptors (Lipinski definition) is 6. The van der Waals surface area contributed by atoms with Gasteiger partial charge in [0, 0.05) is 6.07 Å². The molecule has 6 heteroatoms. The molecule has 0 saturated heterocycles. The molecule has 29 heavy (non-hydrogen) atoms. The van der Waals surface area contributed by atoms with Gasteiger partial charge in [0.25, 0.3) is 0 Å². The third-order valence-electron chi connectivity index (χ3n) is 4.94. The predicted molar refractivity (Wildman–Crippen MR) is 111 cm³/mol. The van der Waals surface area contributed by atoms with E-state index in [1.807, 2.05) is 19.9 Å². The monoisotopic (exact) mass is 395 g/mol. The summed E-state index contributed by atoms with van der Waals surface area (Å²) in [6.45, 7) is 7.18. The molecule has 3 N–H and O–H groups in total. The fraction of sp³-hybridized carbons (Fsp3) is 0.261. The summed E-state index contributed by atoms with van der Waals surface area (Å²) in [4.78, 5) is 12.6. The van der Waals surface area contributed by atoms with Gasteiger partial charge in [-0.2, -0.15) is 5.06 Å². The lowest BCUT2D eigenvalue weighted by Gasteiger charge is -2.35. The molecule has 0 spiro atoms. The molecule has 0 aliphatic carbocycles. The maximum absolute atomic E-state index is 12.6. The Balaban J connectivity index is 1.71. The Bertz CT molecular complexity index is 967. The highest BCUT2D eigenvalue weighted by Gasteiger charge is 2.48. The highest BCUT2D eigenvalue weighted by Crippen LogP contribution is 2.38. The topological polar surface area (TPSA) is 90.2 Å². The molecule has 0 fully saturated rings. The number of hydroxylamine groups is 2. The molecule has 1 aliphatic heterocycles. The summed E-state index contributed by atoms with van der Waals surface area (Å²) in [5.41, 5.74) is 0.404. The molecule has 0 bridgehead atoms. The first-order valence-corrected chi connectivity index (χ1v) is 9.25. The number of carbonyl (C=O) groups is 1. The standard InChI is InChI=1S/C23H25NO5/c1-22(2)14-20(23(3,4)24(22)28)21(27)29-19-9-7-15(8-10-19)5-6-16-11-17(25)13-18(26)12-16/h5-14,25-26,28H,1-4H3/b6-5+. The first-order chi connectivity index (χ1) is 13.5. The van der Waals surface area contributed by atoms with Crippen molar-refractivity contribution in [3.63, 3.8) is 0 Å². The van der Waals surface area contributed by atoms with Crippen molar-refractivity contribution in [2.75, 3.05) is 0 Å². The molecule has 2 aromatic carbocycles. The molecule has 0 radical (unpaired) electrons. The summed E-state index contributed by atoms with van der Waals surface area (Å²) in [5, 5.41) is 30.5. The molecule has 0 atom stereocenters. The van der Waals surface area contributed by atoms with Gasteiger partial charge in [0.2, 0.25) is 0 Å². The lowest BCUT2D eigenvalue weighted by molar-refractivity contribution is -0.186. The maximum Gasteiger partial charge on any atom is 0.341 e. The molecule has 6 nitrogen and oxygen atoms in total. The van der Waals surface area contributed by atoms with Gasteiger partial charge in [0.15, 0.2) is 0 Å². The van der Waals surface area contributed by atoms with Gasteiger partial charge >= 0.3 is 5.97 Å². The summed E-state index contributed by atoms with van der Waals surface area (Å²) < 4.78 is 5.49. The van der Waals surface area contributed by atoms with Gasteiger partial charge in [-0.15, -0.1) is 0 Å². The Kier molecular flexibility index (Phi) is 5.26. The Labute approximate surface area is 169 Å². The van der Waals surface area contributed by atoms with Crippen LogP contribution in [0.5, 0.6) is 17.2 Å². The molecular weight excluding hydrogens is 370 g/mol. The minimum atomic E-state index is -0.851. The lowest BCUT2D eigenvalue weighted by Crippen LogP contribution is -2.48. The Morgan fingerprint density at radius 1 is 0.931 bits per heavy atom. The Hall–Kier alpha value is -3.09. The zero-order valence-corrected chi connectivity index (χ0v) is 16.9. The van der Waals surface area contributed by atoms with E-state index in [1.54, 1.807) is 50.3 Å². The van der Waals surface area contributed by atoms with Crippen LogP contribution in [0.3, 0.4) is 0 Å². The summed E-state index contributed by atoms with van der Waals surface area (Å²) in [7, 11) is 0. The van der Waals surface area contributed by atoms with E-state index < -0.39 is 17.0 Å². The average molecular weight is 395 g/mol. The summed E-state index contributed by atoms with van der Waals surface area (Å²) in [5.74, 6) is -0.132. The van der Waals surface area contributed by atoms with Crippen molar-refractivity contribution in [3.8, 4) is 17.2 Å². The zero-order chi connectivity index (χ0) is 21.4. The quantitative estimate of drug-likeness (QED) is 0.405. The number of rotatable bonds is 4. The Morgan fingerprint density at radius 2 is 1.48 bits per heavy atom. The molecule has 0 amide bonds. The predicted octanol–water partition coefficient (Wildman–Crippen LogP) is 4.36. The first-order valence-electron chi connectivity index (χ1n) is 9.25. The van der Waals surface area contributed by atoms with Crippen LogP contribution in [0, 0.1) is 0 Å². The highest BCUT2D eigenvalue weighted by molar-refractivity contribution is 5.93. The van der Waals surface area contributed by atoms with Crippen molar-refractivity contribution in [3.05, 3.63) is 65.2 Å². The SMILES string of the molecule is CC1(C)C=C(C(=O)Oc2ccc(/C=C/c3cc(O)cc(O)c3)cc2)C(C)(C)N1O. The van der Waals surface area contributed by atoms with E-state index in [1.165, 1.54) is 18.2 Å². The molecule has 0 unspecified atom stereocenters. The molecule has 0 saturated carbocycles. The number of aromatic hydroxyl groups is 2. The van der Waals surface area contributed by atoms with E-state index in [2.05, 4.69) is 0 Å². The summed E-state index contributed by atoms with van der Waals surface area (Å²) >= 11 is 0. The fourth-order valence-corrected chi connectivity index (χ4v) is 3.45. The molecule has 3 rings (SSSR count). The van der Waals surface area contributed by atoms with Crippen LogP contribution in [0.4, 0.5) is 0 Å². The smallest absolute Gasteiger partial charge is 0.341 e. The lowest BCUT2D eigenvalue weighted by atomic mass is 9.97. The van der Waals surface area contributed by atoms with Gasteiger partial charge in [-0.3, -0.25) is 0 Å². The van der Waals surface area contributed by atoms with Crippen LogP contribution in [0.25, 0.3) is 12.2 Å².